The van der Waals surface area contributed by atoms with Crippen molar-refractivity contribution in [2.45, 2.75) is 19.0 Å². The van der Waals surface area contributed by atoms with E-state index in [1.54, 1.807) is 24.8 Å². The van der Waals surface area contributed by atoms with Crippen molar-refractivity contribution in [1.82, 2.24) is 14.5 Å². The van der Waals surface area contributed by atoms with Gasteiger partial charge < -0.3 is 29.2 Å². The van der Waals surface area contributed by atoms with Gasteiger partial charge in [0.15, 0.2) is 23.1 Å². The molecule has 2 heterocycles. The van der Waals surface area contributed by atoms with Crippen LogP contribution in [0.5, 0.6) is 17.2 Å². The summed E-state index contributed by atoms with van der Waals surface area (Å²) in [5, 5.41) is 21.4. The Balaban J connectivity index is 1.82. The van der Waals surface area contributed by atoms with Gasteiger partial charge in [-0.2, -0.15) is 0 Å². The van der Waals surface area contributed by atoms with Crippen LogP contribution in [0.1, 0.15) is 23.6 Å². The van der Waals surface area contributed by atoms with Crippen molar-refractivity contribution in [1.29, 1.82) is 0 Å². The van der Waals surface area contributed by atoms with Crippen molar-refractivity contribution < 1.29 is 33.7 Å². The zero-order valence-corrected chi connectivity index (χ0v) is 21.0. The minimum Gasteiger partial charge on any atom is -0.507 e. The number of nitrogens with zero attached hydrogens (tertiary/aromatic N) is 3. The second-order valence-corrected chi connectivity index (χ2v) is 8.90. The van der Waals surface area contributed by atoms with Crippen LogP contribution in [0, 0.1) is 5.82 Å². The summed E-state index contributed by atoms with van der Waals surface area (Å²) >= 11 is 3.27. The van der Waals surface area contributed by atoms with Gasteiger partial charge in [-0.05, 0) is 58.2 Å². The Bertz CT molecular complexity index is 1340. The van der Waals surface area contributed by atoms with E-state index in [1.165, 1.54) is 37.3 Å². The minimum atomic E-state index is -1.01. The number of methoxy groups -OCH3 is 2. The van der Waals surface area contributed by atoms with Crippen molar-refractivity contribution in [2.24, 2.45) is 0 Å². The number of aryl methyl sites for hydroxylation is 1. The number of aliphatic hydroxyl groups excluding tert-OH is 1. The van der Waals surface area contributed by atoms with Crippen molar-refractivity contribution in [3.63, 3.8) is 0 Å². The fourth-order valence-corrected chi connectivity index (χ4v) is 4.64. The lowest BCUT2D eigenvalue weighted by Crippen LogP contribution is -2.31. The molecule has 1 saturated heterocycles. The molecular weight excluding hydrogens is 537 g/mol. The normalized spacial score (nSPS) is 17.0. The van der Waals surface area contributed by atoms with Crippen LogP contribution in [0.2, 0.25) is 0 Å². The highest BCUT2D eigenvalue weighted by molar-refractivity contribution is 9.10. The van der Waals surface area contributed by atoms with E-state index in [0.717, 1.165) is 6.07 Å². The molecule has 0 aliphatic carbocycles. The Morgan fingerprint density at radius 3 is 2.53 bits per heavy atom. The van der Waals surface area contributed by atoms with Crippen LogP contribution in [0.4, 0.5) is 4.39 Å². The van der Waals surface area contributed by atoms with Gasteiger partial charge in [0.1, 0.15) is 5.76 Å². The number of phenols is 1. The third kappa shape index (κ3) is 4.66. The van der Waals surface area contributed by atoms with E-state index in [0.29, 0.717) is 18.5 Å². The third-order valence-electron chi connectivity index (χ3n) is 5.93. The second kappa shape index (κ2) is 10.4. The predicted octanol–water partition coefficient (Wildman–Crippen LogP) is 4.02. The highest BCUT2D eigenvalue weighted by Crippen LogP contribution is 2.44. The molecule has 2 aromatic carbocycles. The molecule has 0 saturated carbocycles. The molecule has 1 amide bonds. The lowest BCUT2D eigenvalue weighted by molar-refractivity contribution is -0.139. The number of hydrogen-bond donors (Lipinski definition) is 2. The number of hydrogen-bond acceptors (Lipinski definition) is 7. The Labute approximate surface area is 214 Å². The first-order valence-corrected chi connectivity index (χ1v) is 11.7. The van der Waals surface area contributed by atoms with E-state index >= 15 is 0 Å². The number of aliphatic hydroxyl groups is 1. The number of carbonyl (C=O) groups is 2. The van der Waals surface area contributed by atoms with Crippen LogP contribution >= 0.6 is 15.9 Å². The molecule has 1 aliphatic heterocycles. The van der Waals surface area contributed by atoms with Crippen molar-refractivity contribution in [2.75, 3.05) is 20.8 Å². The monoisotopic (exact) mass is 559 g/mol. The molecule has 2 N–H and O–H groups in total. The molecule has 1 fully saturated rings. The number of phenolic OH excluding ortho intramolecular Hbond substituents is 1. The minimum absolute atomic E-state index is 0.0134. The number of imidazole rings is 1. The van der Waals surface area contributed by atoms with Crippen LogP contribution in [0.15, 0.2) is 59.1 Å². The Morgan fingerprint density at radius 1 is 1.14 bits per heavy atom. The van der Waals surface area contributed by atoms with Crippen molar-refractivity contribution >= 4 is 33.4 Å². The Morgan fingerprint density at radius 2 is 1.89 bits per heavy atom. The maximum absolute atomic E-state index is 14.4. The molecule has 1 atom stereocenters. The molecule has 1 unspecified atom stereocenters. The summed E-state index contributed by atoms with van der Waals surface area (Å²) in [6, 6.07) is 5.77. The summed E-state index contributed by atoms with van der Waals surface area (Å²) in [5.74, 6) is -3.05. The standard InChI is InChI=1S/C25H23BrFN3O6/c1-35-18-5-4-14(11-17(18)27)22(31)20-21(15-10-16(26)23(32)19(12-15)36-2)30(25(34)24(20)33)8-3-7-29-9-6-28-13-29/h4-6,9-13,21,31-32H,3,7-8H2,1-2H3. The molecule has 0 spiro atoms. The van der Waals surface area contributed by atoms with Gasteiger partial charge in [-0.25, -0.2) is 9.37 Å². The van der Waals surface area contributed by atoms with Gasteiger partial charge in [-0.3, -0.25) is 9.59 Å². The molecule has 0 radical (unpaired) electrons. The van der Waals surface area contributed by atoms with Gasteiger partial charge >= 0.3 is 0 Å². The molecule has 0 bridgehead atoms. The average Bonchev–Trinajstić information content (AvgIpc) is 3.47. The van der Waals surface area contributed by atoms with Crippen LogP contribution in [0.3, 0.4) is 0 Å². The van der Waals surface area contributed by atoms with Crippen LogP contribution in [-0.2, 0) is 16.1 Å². The Kier molecular flexibility index (Phi) is 7.30. The van der Waals surface area contributed by atoms with Gasteiger partial charge in [0, 0.05) is 31.0 Å². The van der Waals surface area contributed by atoms with E-state index in [1.807, 2.05) is 4.57 Å². The first-order chi connectivity index (χ1) is 17.3. The maximum Gasteiger partial charge on any atom is 0.295 e. The third-order valence-corrected chi connectivity index (χ3v) is 6.53. The summed E-state index contributed by atoms with van der Waals surface area (Å²) in [5.41, 5.74) is 0.222. The topological polar surface area (TPSA) is 114 Å². The summed E-state index contributed by atoms with van der Waals surface area (Å²) in [7, 11) is 2.68. The number of benzene rings is 2. The number of aromatic nitrogens is 2. The fourth-order valence-electron chi connectivity index (χ4n) is 4.18. The molecule has 9 nitrogen and oxygen atoms in total. The lowest BCUT2D eigenvalue weighted by Gasteiger charge is -2.26. The van der Waals surface area contributed by atoms with Crippen molar-refractivity contribution in [3.05, 3.63) is 76.0 Å². The SMILES string of the molecule is COc1ccc(C(O)=C2C(=O)C(=O)N(CCCn3ccnc3)C2c2cc(Br)c(O)c(OC)c2)cc1F. The number of halogens is 2. The second-order valence-electron chi connectivity index (χ2n) is 8.05. The molecule has 1 aliphatic rings. The average molecular weight is 560 g/mol. The molecule has 4 rings (SSSR count). The highest BCUT2D eigenvalue weighted by Gasteiger charge is 2.46. The maximum atomic E-state index is 14.4. The number of rotatable bonds is 8. The van der Waals surface area contributed by atoms with Gasteiger partial charge in [0.05, 0.1) is 36.6 Å². The van der Waals surface area contributed by atoms with E-state index in [2.05, 4.69) is 20.9 Å². The van der Waals surface area contributed by atoms with E-state index in [-0.39, 0.29) is 39.4 Å². The summed E-state index contributed by atoms with van der Waals surface area (Å²) < 4.78 is 26.7. The van der Waals surface area contributed by atoms with Crippen LogP contribution in [-0.4, -0.2) is 57.1 Å². The number of ether oxygens (including phenoxy) is 2. The molecule has 1 aromatic heterocycles. The first kappa shape index (κ1) is 25.2. The van der Waals surface area contributed by atoms with Gasteiger partial charge in [-0.1, -0.05) is 0 Å². The van der Waals surface area contributed by atoms with Gasteiger partial charge in [0.2, 0.25) is 0 Å². The first-order valence-electron chi connectivity index (χ1n) is 10.9. The lowest BCUT2D eigenvalue weighted by atomic mass is 9.94. The number of aromatic hydroxyl groups is 1. The number of likely N-dealkylation sites (tertiary alicyclic amines) is 1. The van der Waals surface area contributed by atoms with Gasteiger partial charge in [-0.15, -0.1) is 0 Å². The number of ketones is 1. The van der Waals surface area contributed by atoms with Gasteiger partial charge in [0.25, 0.3) is 11.7 Å². The number of amides is 1. The van der Waals surface area contributed by atoms with E-state index in [4.69, 9.17) is 9.47 Å². The fraction of sp³-hybridized carbons (Fsp3) is 0.240. The summed E-state index contributed by atoms with van der Waals surface area (Å²) in [4.78, 5) is 31.7. The smallest absolute Gasteiger partial charge is 0.295 e. The van der Waals surface area contributed by atoms with Crippen LogP contribution in [0.25, 0.3) is 5.76 Å². The number of carbonyl (C=O) groups excluding carboxylic acids is 2. The molecule has 36 heavy (non-hydrogen) atoms. The largest absolute Gasteiger partial charge is 0.507 e. The Hall–Kier alpha value is -3.86. The quantitative estimate of drug-likeness (QED) is 0.243. The summed E-state index contributed by atoms with van der Waals surface area (Å²) in [6.45, 7) is 0.726. The molecular formula is C25H23BrFN3O6. The number of Topliss-reactive ketones (excluding diaryl/α,β-unsaturated/α-hetero) is 1. The highest BCUT2D eigenvalue weighted by atomic mass is 79.9. The molecule has 188 valence electrons. The zero-order valence-electron chi connectivity index (χ0n) is 19.4. The predicted molar refractivity (Wildman–Crippen MR) is 131 cm³/mol. The molecule has 3 aromatic rings. The van der Waals surface area contributed by atoms with Crippen LogP contribution < -0.4 is 9.47 Å². The molecule has 11 heteroatoms. The summed E-state index contributed by atoms with van der Waals surface area (Å²) in [6.07, 6.45) is 5.56. The van der Waals surface area contributed by atoms with E-state index < -0.39 is 29.3 Å². The zero-order chi connectivity index (χ0) is 26.0. The van der Waals surface area contributed by atoms with E-state index in [9.17, 15) is 24.2 Å². The van der Waals surface area contributed by atoms with Crippen molar-refractivity contribution in [3.8, 4) is 17.2 Å².